The summed E-state index contributed by atoms with van der Waals surface area (Å²) in [6.45, 7) is 0.890. The van der Waals surface area contributed by atoms with E-state index in [4.69, 9.17) is 14.6 Å². The van der Waals surface area contributed by atoms with Gasteiger partial charge in [0.1, 0.15) is 29.7 Å². The van der Waals surface area contributed by atoms with Crippen LogP contribution in [0.3, 0.4) is 0 Å². The molecule has 7 heteroatoms. The Bertz CT molecular complexity index is 1050. The molecule has 2 aromatic carbocycles. The molecule has 1 aromatic heterocycles. The van der Waals surface area contributed by atoms with Crippen LogP contribution in [-0.2, 0) is 4.74 Å². The van der Waals surface area contributed by atoms with E-state index in [1.165, 1.54) is 12.1 Å². The first kappa shape index (κ1) is 19.0. The van der Waals surface area contributed by atoms with Crippen LogP contribution in [0.25, 0.3) is 16.8 Å². The van der Waals surface area contributed by atoms with Crippen LogP contribution in [0.4, 0.5) is 0 Å². The van der Waals surface area contributed by atoms with E-state index >= 15 is 0 Å². The molecule has 0 aliphatic carbocycles. The number of nitriles is 1. The predicted octanol–water partition coefficient (Wildman–Crippen LogP) is 3.44. The zero-order chi connectivity index (χ0) is 20.1. The summed E-state index contributed by atoms with van der Waals surface area (Å²) in [5.74, 6) is -0.887. The fourth-order valence-corrected chi connectivity index (χ4v) is 2.78. The largest absolute Gasteiger partial charge is 0.507 e. The van der Waals surface area contributed by atoms with Gasteiger partial charge in [-0.2, -0.15) is 5.26 Å². The summed E-state index contributed by atoms with van der Waals surface area (Å²) in [6, 6.07) is 13.8. The fraction of sp³-hybridized carbons (Fsp3) is 0.143. The highest BCUT2D eigenvalue weighted by Gasteiger charge is 2.14. The molecule has 28 heavy (non-hydrogen) atoms. The normalized spacial score (nSPS) is 10.4. The first-order valence-corrected chi connectivity index (χ1v) is 8.44. The van der Waals surface area contributed by atoms with E-state index in [-0.39, 0.29) is 11.3 Å². The quantitative estimate of drug-likeness (QED) is 0.610. The smallest absolute Gasteiger partial charge is 0.339 e. The van der Waals surface area contributed by atoms with Gasteiger partial charge in [-0.15, -0.1) is 0 Å². The molecule has 0 fully saturated rings. The average molecular weight is 378 g/mol. The van der Waals surface area contributed by atoms with Crippen molar-refractivity contribution in [3.63, 3.8) is 0 Å². The minimum Gasteiger partial charge on any atom is -0.507 e. The van der Waals surface area contributed by atoms with Gasteiger partial charge in [-0.3, -0.25) is 0 Å². The summed E-state index contributed by atoms with van der Waals surface area (Å²) in [5, 5.41) is 28.5. The van der Waals surface area contributed by atoms with Gasteiger partial charge in [0.15, 0.2) is 0 Å². The lowest BCUT2D eigenvalue weighted by atomic mass is 10.1. The number of hydrogen-bond donors (Lipinski definition) is 2. The molecule has 0 spiro atoms. The van der Waals surface area contributed by atoms with Gasteiger partial charge in [-0.1, -0.05) is 12.1 Å². The van der Waals surface area contributed by atoms with Crippen molar-refractivity contribution in [2.75, 3.05) is 20.3 Å². The van der Waals surface area contributed by atoms with E-state index in [1.807, 2.05) is 24.3 Å². The maximum Gasteiger partial charge on any atom is 0.339 e. The lowest BCUT2D eigenvalue weighted by Crippen LogP contribution is -2.04. The highest BCUT2D eigenvalue weighted by molar-refractivity contribution is 5.91. The van der Waals surface area contributed by atoms with Gasteiger partial charge in [0.05, 0.1) is 12.2 Å². The first-order valence-electron chi connectivity index (χ1n) is 8.44. The summed E-state index contributed by atoms with van der Waals surface area (Å²) in [6.07, 6.45) is 3.38. The number of ether oxygens (including phenoxy) is 2. The molecule has 0 atom stereocenters. The number of methoxy groups -OCH3 is 1. The second-order valence-corrected chi connectivity index (χ2v) is 5.98. The Balaban J connectivity index is 1.96. The molecule has 0 bridgehead atoms. The van der Waals surface area contributed by atoms with Gasteiger partial charge in [-0.25, -0.2) is 4.79 Å². The minimum absolute atomic E-state index is 0.183. The van der Waals surface area contributed by atoms with E-state index < -0.39 is 5.97 Å². The van der Waals surface area contributed by atoms with Crippen molar-refractivity contribution in [3.8, 4) is 34.4 Å². The number of carbonyl (C=O) groups is 1. The molecule has 0 aliphatic heterocycles. The molecule has 7 nitrogen and oxygen atoms in total. The third-order valence-corrected chi connectivity index (χ3v) is 4.16. The number of aromatic nitrogens is 1. The Morgan fingerprint density at radius 1 is 1.18 bits per heavy atom. The maximum absolute atomic E-state index is 11.1. The van der Waals surface area contributed by atoms with Crippen LogP contribution in [0.2, 0.25) is 0 Å². The Hall–Kier alpha value is -3.76. The molecule has 0 saturated heterocycles. The lowest BCUT2D eigenvalue weighted by Gasteiger charge is -2.07. The number of phenols is 1. The Labute approximate surface area is 161 Å². The summed E-state index contributed by atoms with van der Waals surface area (Å²) >= 11 is 0. The van der Waals surface area contributed by atoms with Crippen molar-refractivity contribution < 1.29 is 24.5 Å². The zero-order valence-corrected chi connectivity index (χ0v) is 15.1. The van der Waals surface area contributed by atoms with Crippen LogP contribution >= 0.6 is 0 Å². The molecule has 142 valence electrons. The lowest BCUT2D eigenvalue weighted by molar-refractivity contribution is 0.0693. The molecule has 3 rings (SSSR count). The molecule has 0 radical (unpaired) electrons. The molecule has 0 saturated carbocycles. The zero-order valence-electron chi connectivity index (χ0n) is 15.1. The van der Waals surface area contributed by atoms with Crippen LogP contribution in [-0.4, -0.2) is 41.1 Å². The van der Waals surface area contributed by atoms with E-state index in [0.717, 1.165) is 5.56 Å². The molecule has 1 heterocycles. The van der Waals surface area contributed by atoms with Gasteiger partial charge >= 0.3 is 5.97 Å². The second kappa shape index (κ2) is 8.29. The predicted molar refractivity (Wildman–Crippen MR) is 102 cm³/mol. The van der Waals surface area contributed by atoms with Crippen molar-refractivity contribution in [1.82, 2.24) is 4.57 Å². The van der Waals surface area contributed by atoms with Gasteiger partial charge in [0, 0.05) is 36.8 Å². The molecule has 0 aliphatic rings. The Morgan fingerprint density at radius 3 is 2.68 bits per heavy atom. The average Bonchev–Trinajstić information content (AvgIpc) is 3.12. The number of benzene rings is 2. The third-order valence-electron chi connectivity index (χ3n) is 4.16. The van der Waals surface area contributed by atoms with Crippen LogP contribution in [0.5, 0.6) is 11.5 Å². The number of aromatic hydroxyl groups is 1. The molecule has 3 aromatic rings. The monoisotopic (exact) mass is 378 g/mol. The van der Waals surface area contributed by atoms with Crippen LogP contribution in [0.15, 0.2) is 54.9 Å². The van der Waals surface area contributed by atoms with Gasteiger partial charge in [0.25, 0.3) is 0 Å². The third kappa shape index (κ3) is 3.98. The summed E-state index contributed by atoms with van der Waals surface area (Å²) < 4.78 is 12.3. The van der Waals surface area contributed by atoms with Crippen LogP contribution in [0, 0.1) is 11.3 Å². The number of aromatic carboxylic acids is 1. The van der Waals surface area contributed by atoms with Crippen LogP contribution in [0.1, 0.15) is 15.9 Å². The van der Waals surface area contributed by atoms with Gasteiger partial charge < -0.3 is 24.3 Å². The Kier molecular flexibility index (Phi) is 5.63. The molecule has 2 N–H and O–H groups in total. The molecular formula is C21H18N2O5. The van der Waals surface area contributed by atoms with Crippen molar-refractivity contribution in [3.05, 3.63) is 66.0 Å². The number of carboxylic acids is 1. The summed E-state index contributed by atoms with van der Waals surface area (Å²) in [4.78, 5) is 11.1. The molecule has 0 unspecified atom stereocenters. The van der Waals surface area contributed by atoms with Crippen molar-refractivity contribution in [2.45, 2.75) is 0 Å². The SMILES string of the molecule is COCCOc1cccc(-c2cn(-c3ccc(C(=O)O)c(O)c3)cc2C#N)c1. The number of nitrogens with zero attached hydrogens (tertiary/aromatic N) is 2. The summed E-state index contributed by atoms with van der Waals surface area (Å²) in [7, 11) is 1.60. The highest BCUT2D eigenvalue weighted by atomic mass is 16.5. The summed E-state index contributed by atoms with van der Waals surface area (Å²) in [5.41, 5.74) is 2.30. The van der Waals surface area contributed by atoms with Crippen LogP contribution < -0.4 is 4.74 Å². The van der Waals surface area contributed by atoms with Gasteiger partial charge in [-0.05, 0) is 29.8 Å². The van der Waals surface area contributed by atoms with E-state index in [9.17, 15) is 15.2 Å². The molecule has 0 amide bonds. The molecular weight excluding hydrogens is 360 g/mol. The van der Waals surface area contributed by atoms with Gasteiger partial charge in [0.2, 0.25) is 0 Å². The standard InChI is InChI=1S/C21H18N2O5/c1-27-7-8-28-17-4-2-3-14(9-17)19-13-23(12-15(19)11-22)16-5-6-18(21(25)26)20(24)10-16/h2-6,9-10,12-13,24H,7-8H2,1H3,(H,25,26). The van der Waals surface area contributed by atoms with E-state index in [0.29, 0.717) is 35.8 Å². The Morgan fingerprint density at radius 2 is 2.00 bits per heavy atom. The highest BCUT2D eigenvalue weighted by Crippen LogP contribution is 2.30. The van der Waals surface area contributed by atoms with E-state index in [2.05, 4.69) is 6.07 Å². The van der Waals surface area contributed by atoms with E-state index in [1.54, 1.807) is 30.1 Å². The van der Waals surface area contributed by atoms with Crippen molar-refractivity contribution in [1.29, 1.82) is 5.26 Å². The minimum atomic E-state index is -1.21. The second-order valence-electron chi connectivity index (χ2n) is 5.98. The van der Waals surface area contributed by atoms with Crippen molar-refractivity contribution >= 4 is 5.97 Å². The number of carboxylic acid groups (broad SMARTS) is 1. The number of hydrogen-bond acceptors (Lipinski definition) is 5. The topological polar surface area (TPSA) is 105 Å². The van der Waals surface area contributed by atoms with Crippen molar-refractivity contribution in [2.24, 2.45) is 0 Å². The maximum atomic E-state index is 11.1. The first-order chi connectivity index (χ1) is 13.5. The fourth-order valence-electron chi connectivity index (χ4n) is 2.78. The number of rotatable bonds is 7.